The number of hydrogen-bond donors (Lipinski definition) is 8. The van der Waals surface area contributed by atoms with Gasteiger partial charge in [0.05, 0.1) is 110 Å². The molecule has 91 heavy (non-hydrogen) atoms. The number of nitrogens with zero attached hydrogens (tertiary/aromatic N) is 10. The Morgan fingerprint density at radius 2 is 0.835 bits per heavy atom. The summed E-state index contributed by atoms with van der Waals surface area (Å²) in [5, 5.41) is 10.6. The van der Waals surface area contributed by atoms with E-state index in [1.165, 1.54) is 28.9 Å². The van der Waals surface area contributed by atoms with E-state index in [1.54, 1.807) is 66.1 Å². The molecule has 7 aromatic carbocycles. The molecule has 0 bridgehead atoms. The van der Waals surface area contributed by atoms with Gasteiger partial charge in [0.15, 0.2) is 11.5 Å². The number of anilines is 6. The maximum atomic E-state index is 12.5. The van der Waals surface area contributed by atoms with Crippen molar-refractivity contribution in [1.82, 2.24) is 43.6 Å². The Morgan fingerprint density at radius 3 is 1.19 bits per heavy atom. The molecule has 12 N–H and O–H groups in total. The average molecular weight is 1230 g/mol. The number of nitrogen functional groups attached to an aromatic ring is 4. The Kier molecular flexibility index (Phi) is 20.6. The summed E-state index contributed by atoms with van der Waals surface area (Å²) >= 11 is 0. The van der Waals surface area contributed by atoms with Crippen LogP contribution in [0.2, 0.25) is 0 Å². The monoisotopic (exact) mass is 1230 g/mol. The first-order valence-corrected chi connectivity index (χ1v) is 27.8. The highest BCUT2D eigenvalue weighted by molar-refractivity contribution is 5.64. The number of nitro benzene ring substituents is 1. The van der Waals surface area contributed by atoms with Gasteiger partial charge in [-0.2, -0.15) is 13.2 Å². The number of nitrogens with one attached hydrogen (secondary N) is 4. The molecule has 0 saturated carbocycles. The molecule has 0 aliphatic carbocycles. The fraction of sp³-hybridized carbons (Fsp3) is 0.0923. The van der Waals surface area contributed by atoms with Crippen LogP contribution in [0.1, 0.15) is 16.8 Å². The molecule has 0 fully saturated rings. The van der Waals surface area contributed by atoms with E-state index >= 15 is 0 Å². The van der Waals surface area contributed by atoms with E-state index in [2.05, 4.69) is 46.6 Å². The summed E-state index contributed by atoms with van der Waals surface area (Å²) in [7, 11) is 4.76. The smallest absolute Gasteiger partial charge is 0.416 e. The molecule has 5 heterocycles. The van der Waals surface area contributed by atoms with E-state index in [0.29, 0.717) is 65.3 Å². The van der Waals surface area contributed by atoms with Crippen molar-refractivity contribution in [2.24, 2.45) is 0 Å². The minimum absolute atomic E-state index is 0.0362. The highest BCUT2D eigenvalue weighted by atomic mass is 19.4. The standard InChI is InChI=1S/C19H22N4O3.C16H13F3N4.C15H13N5O2.C15H15N5/c1-24-16-9-13(10-17(25-2)18(16)26-3)11-21-23-12-15(22-19(23)20)14-7-5-4-6-8-14;17-16(18,19)12-6-8-13(9-7-12)22-23-10-14(21-15(23)20)11-4-2-1-3-5-11;16-15-17-14(11-4-2-1-3-5-11)10-19(15)18-12-6-8-13(9-7-12)20(21)22;16-15-19-14(12-6-2-1-3-7-12)11-20(15)18-10-13-8-4-5-9-17-13/h4-10,12,21H,11H2,1-3H3,(H2,20,22);1-10,22H,(H2,20,21);1-10,18H,(H2,16,17);1-9,11,18H,10H2,(H2,16,19). The topological polar surface area (TPSA) is 307 Å². The molecule has 26 heteroatoms. The van der Waals surface area contributed by atoms with E-state index in [1.807, 2.05) is 164 Å². The van der Waals surface area contributed by atoms with Crippen LogP contribution in [0.25, 0.3) is 45.0 Å². The molecule has 0 saturated heterocycles. The predicted molar refractivity (Wildman–Crippen MR) is 347 cm³/mol. The number of non-ortho nitro benzene ring substituents is 1. The SMILES string of the molecule is COc1cc(CNn2cc(-c3ccccc3)nc2N)cc(OC)c1OC.Nc1nc(-c2ccccc2)cn1NCc1ccccn1.Nc1nc(-c2ccccc2)cn1Nc1ccc(C(F)(F)F)cc1.Nc1nc(-c2ccccc2)cn1Nc1ccc([N+](=O)[O-])cc1. The van der Waals surface area contributed by atoms with Crippen molar-refractivity contribution in [3.8, 4) is 62.3 Å². The van der Waals surface area contributed by atoms with Gasteiger partial charge in [-0.3, -0.25) is 25.9 Å². The number of halogens is 3. The fourth-order valence-electron chi connectivity index (χ4n) is 8.76. The van der Waals surface area contributed by atoms with Crippen LogP contribution in [-0.2, 0) is 19.3 Å². The third kappa shape index (κ3) is 16.9. The Labute approximate surface area is 520 Å². The molecule has 12 rings (SSSR count). The summed E-state index contributed by atoms with van der Waals surface area (Å²) in [6.45, 7) is 1.10. The minimum Gasteiger partial charge on any atom is -0.493 e. The van der Waals surface area contributed by atoms with Gasteiger partial charge in [-0.25, -0.2) is 38.6 Å². The third-order valence-corrected chi connectivity index (χ3v) is 13.3. The van der Waals surface area contributed by atoms with Gasteiger partial charge in [0, 0.05) is 40.6 Å². The van der Waals surface area contributed by atoms with Crippen LogP contribution >= 0.6 is 0 Å². The number of pyridine rings is 1. The molecule has 0 atom stereocenters. The summed E-state index contributed by atoms with van der Waals surface area (Å²) in [6, 6.07) is 59.3. The van der Waals surface area contributed by atoms with Crippen LogP contribution < -0.4 is 58.8 Å². The second-order valence-electron chi connectivity index (χ2n) is 19.5. The predicted octanol–water partition coefficient (Wildman–Crippen LogP) is 12.1. The summed E-state index contributed by atoms with van der Waals surface area (Å²) in [5.74, 6) is 3.10. The number of nitro groups is 1. The van der Waals surface area contributed by atoms with Gasteiger partial charge in [-0.1, -0.05) is 127 Å². The number of rotatable bonds is 18. The lowest BCUT2D eigenvalue weighted by atomic mass is 10.2. The Bertz CT molecular complexity index is 4230. The number of aromatic nitrogens is 9. The van der Waals surface area contributed by atoms with E-state index in [4.69, 9.17) is 37.1 Å². The summed E-state index contributed by atoms with van der Waals surface area (Å²) in [5.41, 5.74) is 45.4. The Balaban J connectivity index is 0.000000144. The van der Waals surface area contributed by atoms with Crippen molar-refractivity contribution < 1.29 is 32.3 Å². The van der Waals surface area contributed by atoms with Gasteiger partial charge in [-0.15, -0.1) is 0 Å². The first kappa shape index (κ1) is 63.0. The lowest BCUT2D eigenvalue weighted by molar-refractivity contribution is -0.384. The largest absolute Gasteiger partial charge is 0.493 e. The normalized spacial score (nSPS) is 10.7. The lowest BCUT2D eigenvalue weighted by Gasteiger charge is -2.15. The van der Waals surface area contributed by atoms with Crippen LogP contribution in [0.4, 0.5) is 54.0 Å². The Morgan fingerprint density at radius 1 is 0.473 bits per heavy atom. The van der Waals surface area contributed by atoms with Gasteiger partial charge in [0.2, 0.25) is 29.5 Å². The molecule has 23 nitrogen and oxygen atoms in total. The zero-order chi connectivity index (χ0) is 64.3. The van der Waals surface area contributed by atoms with E-state index in [-0.39, 0.29) is 11.6 Å². The quantitative estimate of drug-likeness (QED) is 0.0292. The summed E-state index contributed by atoms with van der Waals surface area (Å²) in [4.78, 5) is 31.7. The first-order chi connectivity index (χ1) is 44.0. The number of imidazole rings is 4. The number of ether oxygens (including phenoxy) is 3. The van der Waals surface area contributed by atoms with Gasteiger partial charge < -0.3 is 48.0 Å². The van der Waals surface area contributed by atoms with Crippen LogP contribution in [0.5, 0.6) is 17.2 Å². The second kappa shape index (κ2) is 29.8. The number of benzene rings is 7. The van der Waals surface area contributed by atoms with Crippen molar-refractivity contribution in [2.75, 3.05) is 66.0 Å². The van der Waals surface area contributed by atoms with Gasteiger partial charge in [0.25, 0.3) is 5.69 Å². The van der Waals surface area contributed by atoms with E-state index < -0.39 is 16.7 Å². The maximum absolute atomic E-state index is 12.5. The number of alkyl halides is 3. The van der Waals surface area contributed by atoms with Crippen molar-refractivity contribution in [3.63, 3.8) is 0 Å². The van der Waals surface area contributed by atoms with Gasteiger partial charge in [-0.05, 0) is 66.2 Å². The lowest BCUT2D eigenvalue weighted by Crippen LogP contribution is -2.16. The van der Waals surface area contributed by atoms with Gasteiger partial charge in [0.1, 0.15) is 0 Å². The molecular formula is C65H63F3N18O5. The van der Waals surface area contributed by atoms with Gasteiger partial charge >= 0.3 is 6.18 Å². The molecule has 0 aliphatic heterocycles. The summed E-state index contributed by atoms with van der Waals surface area (Å²) < 4.78 is 60.2. The molecule has 0 amide bonds. The van der Waals surface area contributed by atoms with Crippen molar-refractivity contribution in [3.05, 3.63) is 258 Å². The van der Waals surface area contributed by atoms with Crippen LogP contribution in [0.3, 0.4) is 0 Å². The average Bonchev–Trinajstić information content (AvgIpc) is 2.22. The summed E-state index contributed by atoms with van der Waals surface area (Å²) in [6.07, 6.45) is 4.61. The number of nitrogens with two attached hydrogens (primary N) is 4. The third-order valence-electron chi connectivity index (χ3n) is 13.3. The molecule has 0 unspecified atom stereocenters. The molecular weight excluding hydrogens is 1170 g/mol. The molecule has 464 valence electrons. The van der Waals surface area contributed by atoms with E-state index in [0.717, 1.165) is 62.7 Å². The van der Waals surface area contributed by atoms with Crippen LogP contribution in [0.15, 0.2) is 231 Å². The zero-order valence-corrected chi connectivity index (χ0v) is 49.3. The van der Waals surface area contributed by atoms with Crippen molar-refractivity contribution in [1.29, 1.82) is 0 Å². The van der Waals surface area contributed by atoms with Crippen molar-refractivity contribution >= 4 is 40.9 Å². The highest BCUT2D eigenvalue weighted by Crippen LogP contribution is 2.38. The van der Waals surface area contributed by atoms with Crippen LogP contribution in [0, 0.1) is 10.1 Å². The molecule has 0 spiro atoms. The first-order valence-electron chi connectivity index (χ1n) is 27.8. The number of hydrogen-bond acceptors (Lipinski definition) is 18. The molecule has 12 aromatic rings. The fourth-order valence-corrected chi connectivity index (χ4v) is 8.76. The Hall–Kier alpha value is -12.5. The molecule has 5 aromatic heterocycles. The minimum atomic E-state index is -4.35. The van der Waals surface area contributed by atoms with E-state index in [9.17, 15) is 23.3 Å². The zero-order valence-electron chi connectivity index (χ0n) is 49.3. The second-order valence-corrected chi connectivity index (χ2v) is 19.5. The molecule has 0 aliphatic rings. The molecule has 0 radical (unpaired) electrons. The van der Waals surface area contributed by atoms with Crippen molar-refractivity contribution in [2.45, 2.75) is 19.3 Å². The number of methoxy groups -OCH3 is 3. The maximum Gasteiger partial charge on any atom is 0.416 e. The highest BCUT2D eigenvalue weighted by Gasteiger charge is 2.30. The van der Waals surface area contributed by atoms with Crippen LogP contribution in [-0.4, -0.2) is 69.9 Å².